The normalized spacial score (nSPS) is 23.1. The summed E-state index contributed by atoms with van der Waals surface area (Å²) in [6.07, 6.45) is 6.72. The lowest BCUT2D eigenvalue weighted by Gasteiger charge is -2.24. The van der Waals surface area contributed by atoms with Gasteiger partial charge in [-0.1, -0.05) is 20.3 Å². The summed E-state index contributed by atoms with van der Waals surface area (Å²) in [5, 5.41) is 3.57. The minimum Gasteiger partial charge on any atom is -0.315 e. The van der Waals surface area contributed by atoms with Gasteiger partial charge in [0.1, 0.15) is 0 Å². The summed E-state index contributed by atoms with van der Waals surface area (Å²) in [6.45, 7) is 9.56. The van der Waals surface area contributed by atoms with E-state index in [0.29, 0.717) is 0 Å². The smallest absolute Gasteiger partial charge is 0.0221 e. The molecule has 84 valence electrons. The van der Waals surface area contributed by atoms with Crippen molar-refractivity contribution in [1.29, 1.82) is 0 Å². The molecule has 0 aromatic rings. The average molecular weight is 198 g/mol. The van der Waals surface area contributed by atoms with Crippen LogP contribution in [-0.4, -0.2) is 37.1 Å². The highest BCUT2D eigenvalue weighted by Gasteiger charge is 2.22. The van der Waals surface area contributed by atoms with Crippen LogP contribution in [0.5, 0.6) is 0 Å². The standard InChI is InChI=1S/C12H26N2/c1-3-5-8-13-11-12-7-6-10-14(12)9-4-2/h12-13H,3-11H2,1-2H3/t12-/m1/s1. The molecule has 0 aromatic heterocycles. The molecule has 0 radical (unpaired) electrons. The van der Waals surface area contributed by atoms with Gasteiger partial charge in [-0.05, 0) is 45.3 Å². The van der Waals surface area contributed by atoms with Gasteiger partial charge in [-0.3, -0.25) is 4.90 Å². The van der Waals surface area contributed by atoms with Gasteiger partial charge < -0.3 is 5.32 Å². The molecule has 2 nitrogen and oxygen atoms in total. The van der Waals surface area contributed by atoms with Crippen molar-refractivity contribution in [3.63, 3.8) is 0 Å². The first-order valence-corrected chi connectivity index (χ1v) is 6.33. The second-order valence-corrected chi connectivity index (χ2v) is 4.39. The number of hydrogen-bond acceptors (Lipinski definition) is 2. The predicted octanol–water partition coefficient (Wildman–Crippen LogP) is 2.25. The van der Waals surface area contributed by atoms with Crippen molar-refractivity contribution in [3.8, 4) is 0 Å². The van der Waals surface area contributed by atoms with Crippen LogP contribution in [0.3, 0.4) is 0 Å². The summed E-state index contributed by atoms with van der Waals surface area (Å²) in [6, 6.07) is 0.826. The minimum atomic E-state index is 0.826. The molecule has 1 aliphatic rings. The first-order valence-electron chi connectivity index (χ1n) is 6.33. The molecule has 0 spiro atoms. The minimum absolute atomic E-state index is 0.826. The van der Waals surface area contributed by atoms with Crippen LogP contribution in [0.15, 0.2) is 0 Å². The van der Waals surface area contributed by atoms with E-state index in [-0.39, 0.29) is 0 Å². The summed E-state index contributed by atoms with van der Waals surface area (Å²) < 4.78 is 0. The van der Waals surface area contributed by atoms with Crippen molar-refractivity contribution in [2.75, 3.05) is 26.2 Å². The van der Waals surface area contributed by atoms with E-state index in [1.54, 1.807) is 0 Å². The van der Waals surface area contributed by atoms with Gasteiger partial charge in [0.25, 0.3) is 0 Å². The zero-order valence-corrected chi connectivity index (χ0v) is 9.89. The molecule has 1 N–H and O–H groups in total. The van der Waals surface area contributed by atoms with Crippen molar-refractivity contribution < 1.29 is 0 Å². The Labute approximate surface area is 89.1 Å². The molecule has 1 rings (SSSR count). The van der Waals surface area contributed by atoms with Crippen LogP contribution in [0, 0.1) is 0 Å². The Kier molecular flexibility index (Phi) is 6.20. The Morgan fingerprint density at radius 2 is 2.14 bits per heavy atom. The van der Waals surface area contributed by atoms with Gasteiger partial charge in [-0.25, -0.2) is 0 Å². The van der Waals surface area contributed by atoms with Crippen LogP contribution in [0.25, 0.3) is 0 Å². The second kappa shape index (κ2) is 7.24. The van der Waals surface area contributed by atoms with Gasteiger partial charge >= 0.3 is 0 Å². The zero-order chi connectivity index (χ0) is 10.2. The number of nitrogens with zero attached hydrogens (tertiary/aromatic N) is 1. The third-order valence-corrected chi connectivity index (χ3v) is 3.10. The van der Waals surface area contributed by atoms with Crippen LogP contribution in [0.4, 0.5) is 0 Å². The molecule has 1 saturated heterocycles. The Bertz CT molecular complexity index is 136. The summed E-state index contributed by atoms with van der Waals surface area (Å²) >= 11 is 0. The third kappa shape index (κ3) is 3.97. The highest BCUT2D eigenvalue weighted by molar-refractivity contribution is 4.80. The summed E-state index contributed by atoms with van der Waals surface area (Å²) in [5.41, 5.74) is 0. The fourth-order valence-corrected chi connectivity index (χ4v) is 2.28. The van der Waals surface area contributed by atoms with E-state index in [1.807, 2.05) is 0 Å². The Morgan fingerprint density at radius 3 is 2.86 bits per heavy atom. The molecule has 0 unspecified atom stereocenters. The van der Waals surface area contributed by atoms with Crippen LogP contribution in [0.2, 0.25) is 0 Å². The monoisotopic (exact) mass is 198 g/mol. The number of likely N-dealkylation sites (tertiary alicyclic amines) is 1. The van der Waals surface area contributed by atoms with Crippen molar-refractivity contribution >= 4 is 0 Å². The molecule has 1 atom stereocenters. The first-order chi connectivity index (χ1) is 6.88. The molecule has 0 aliphatic carbocycles. The van der Waals surface area contributed by atoms with E-state index in [9.17, 15) is 0 Å². The van der Waals surface area contributed by atoms with Gasteiger partial charge in [-0.2, -0.15) is 0 Å². The van der Waals surface area contributed by atoms with Gasteiger partial charge in [0.15, 0.2) is 0 Å². The van der Waals surface area contributed by atoms with Crippen molar-refractivity contribution in [2.45, 2.75) is 52.0 Å². The van der Waals surface area contributed by atoms with E-state index in [2.05, 4.69) is 24.1 Å². The Hall–Kier alpha value is -0.0800. The van der Waals surface area contributed by atoms with Gasteiger partial charge in [0.05, 0.1) is 0 Å². The van der Waals surface area contributed by atoms with Crippen LogP contribution in [0.1, 0.15) is 46.0 Å². The molecule has 0 saturated carbocycles. The summed E-state index contributed by atoms with van der Waals surface area (Å²) in [4.78, 5) is 2.65. The lowest BCUT2D eigenvalue weighted by molar-refractivity contribution is 0.248. The summed E-state index contributed by atoms with van der Waals surface area (Å²) in [7, 11) is 0. The van der Waals surface area contributed by atoms with Gasteiger partial charge in [0, 0.05) is 12.6 Å². The highest BCUT2D eigenvalue weighted by Crippen LogP contribution is 2.16. The molecule has 0 bridgehead atoms. The molecule has 1 fully saturated rings. The van der Waals surface area contributed by atoms with Crippen LogP contribution < -0.4 is 5.32 Å². The average Bonchev–Trinajstić information content (AvgIpc) is 2.61. The van der Waals surface area contributed by atoms with Crippen LogP contribution >= 0.6 is 0 Å². The number of rotatable bonds is 7. The number of nitrogens with one attached hydrogen (secondary N) is 1. The Morgan fingerprint density at radius 1 is 1.29 bits per heavy atom. The lowest BCUT2D eigenvalue weighted by Crippen LogP contribution is -2.38. The van der Waals surface area contributed by atoms with Crippen molar-refractivity contribution in [3.05, 3.63) is 0 Å². The van der Waals surface area contributed by atoms with E-state index in [1.165, 1.54) is 58.3 Å². The molecule has 14 heavy (non-hydrogen) atoms. The fraction of sp³-hybridized carbons (Fsp3) is 1.00. The quantitative estimate of drug-likeness (QED) is 0.631. The third-order valence-electron chi connectivity index (χ3n) is 3.10. The van der Waals surface area contributed by atoms with E-state index in [0.717, 1.165) is 6.04 Å². The molecule has 1 heterocycles. The topological polar surface area (TPSA) is 15.3 Å². The van der Waals surface area contributed by atoms with Crippen molar-refractivity contribution in [1.82, 2.24) is 10.2 Å². The molecule has 0 amide bonds. The molecular formula is C12H26N2. The Balaban J connectivity index is 2.09. The largest absolute Gasteiger partial charge is 0.315 e. The fourth-order valence-electron chi connectivity index (χ4n) is 2.28. The second-order valence-electron chi connectivity index (χ2n) is 4.39. The first kappa shape index (κ1) is 12.0. The lowest BCUT2D eigenvalue weighted by atomic mass is 10.2. The predicted molar refractivity (Wildman–Crippen MR) is 62.7 cm³/mol. The molecule has 2 heteroatoms. The number of unbranched alkanes of at least 4 members (excludes halogenated alkanes) is 1. The van der Waals surface area contributed by atoms with E-state index in [4.69, 9.17) is 0 Å². The van der Waals surface area contributed by atoms with E-state index >= 15 is 0 Å². The molecule has 0 aromatic carbocycles. The SMILES string of the molecule is CCCCNC[C@H]1CCCN1CCC. The maximum atomic E-state index is 3.57. The highest BCUT2D eigenvalue weighted by atomic mass is 15.2. The van der Waals surface area contributed by atoms with E-state index < -0.39 is 0 Å². The van der Waals surface area contributed by atoms with Crippen molar-refractivity contribution in [2.24, 2.45) is 0 Å². The van der Waals surface area contributed by atoms with Gasteiger partial charge in [-0.15, -0.1) is 0 Å². The molecule has 1 aliphatic heterocycles. The number of hydrogen-bond donors (Lipinski definition) is 1. The maximum Gasteiger partial charge on any atom is 0.0221 e. The van der Waals surface area contributed by atoms with Crippen LogP contribution in [-0.2, 0) is 0 Å². The molecular weight excluding hydrogens is 172 g/mol. The zero-order valence-electron chi connectivity index (χ0n) is 9.89. The summed E-state index contributed by atoms with van der Waals surface area (Å²) in [5.74, 6) is 0. The van der Waals surface area contributed by atoms with Gasteiger partial charge in [0.2, 0.25) is 0 Å². The maximum absolute atomic E-state index is 3.57.